The number of nitrogens with zero attached hydrogens (tertiary/aromatic N) is 1. The lowest BCUT2D eigenvalue weighted by molar-refractivity contribution is -0.166. The summed E-state index contributed by atoms with van der Waals surface area (Å²) in [5.74, 6) is -1.97. The van der Waals surface area contributed by atoms with Crippen molar-refractivity contribution in [2.45, 2.75) is 52.2 Å². The first-order chi connectivity index (χ1) is 12.6. The van der Waals surface area contributed by atoms with Crippen LogP contribution in [0, 0.1) is 6.92 Å². The topological polar surface area (TPSA) is 143 Å². The molecule has 1 aromatic rings. The van der Waals surface area contributed by atoms with E-state index in [2.05, 4.69) is 4.98 Å². The Kier molecular flexibility index (Phi) is 6.16. The van der Waals surface area contributed by atoms with Crippen LogP contribution in [0.3, 0.4) is 0 Å². The van der Waals surface area contributed by atoms with Gasteiger partial charge >= 0.3 is 23.6 Å². The van der Waals surface area contributed by atoms with Gasteiger partial charge in [-0.05, 0) is 6.92 Å². The molecular weight excluding hydrogens is 364 g/mol. The van der Waals surface area contributed by atoms with Crippen LogP contribution in [-0.2, 0) is 33.3 Å². The van der Waals surface area contributed by atoms with E-state index >= 15 is 0 Å². The molecule has 1 aliphatic rings. The number of aromatic nitrogens is 2. The summed E-state index contributed by atoms with van der Waals surface area (Å²) in [7, 11) is 0. The summed E-state index contributed by atoms with van der Waals surface area (Å²) in [5, 5.41) is 0. The van der Waals surface area contributed by atoms with Crippen molar-refractivity contribution in [3.8, 4) is 0 Å². The molecular formula is C16H20N2O9. The maximum absolute atomic E-state index is 12.2. The zero-order valence-electron chi connectivity index (χ0n) is 15.2. The number of carbonyl (C=O) groups excluding carboxylic acids is 3. The highest BCUT2D eigenvalue weighted by atomic mass is 16.7. The summed E-state index contributed by atoms with van der Waals surface area (Å²) in [6.07, 6.45) is -3.29. The number of rotatable bonds is 5. The van der Waals surface area contributed by atoms with Gasteiger partial charge in [0.15, 0.2) is 18.4 Å². The van der Waals surface area contributed by atoms with Gasteiger partial charge in [-0.2, -0.15) is 0 Å². The highest BCUT2D eigenvalue weighted by Gasteiger charge is 2.50. The van der Waals surface area contributed by atoms with Crippen molar-refractivity contribution in [1.82, 2.24) is 9.55 Å². The van der Waals surface area contributed by atoms with Crippen LogP contribution < -0.4 is 11.2 Å². The smallest absolute Gasteiger partial charge is 0.330 e. The molecule has 2 rings (SSSR count). The Bertz CT molecular complexity index is 856. The average Bonchev–Trinajstić information content (AvgIpc) is 2.85. The van der Waals surface area contributed by atoms with Crippen molar-refractivity contribution >= 4 is 17.9 Å². The van der Waals surface area contributed by atoms with Crippen LogP contribution in [0.1, 0.15) is 32.6 Å². The molecule has 1 aliphatic heterocycles. The Balaban J connectivity index is 2.47. The molecule has 0 unspecified atom stereocenters. The third-order valence-corrected chi connectivity index (χ3v) is 3.76. The molecule has 0 bridgehead atoms. The maximum atomic E-state index is 12.2. The number of carbonyl (C=O) groups is 3. The Morgan fingerprint density at radius 3 is 2.22 bits per heavy atom. The normalized spacial score (nSPS) is 24.3. The van der Waals surface area contributed by atoms with Gasteiger partial charge < -0.3 is 18.9 Å². The molecule has 1 aromatic heterocycles. The summed E-state index contributed by atoms with van der Waals surface area (Å²) in [6.45, 7) is 4.66. The lowest BCUT2D eigenvalue weighted by Gasteiger charge is -2.24. The number of nitrogens with one attached hydrogen (secondary N) is 1. The third kappa shape index (κ3) is 4.82. The number of esters is 3. The molecule has 27 heavy (non-hydrogen) atoms. The van der Waals surface area contributed by atoms with E-state index in [9.17, 15) is 24.0 Å². The minimum Gasteiger partial charge on any atom is -0.463 e. The molecule has 4 atom stereocenters. The van der Waals surface area contributed by atoms with E-state index in [0.717, 1.165) is 18.4 Å². The standard InChI is InChI=1S/C16H20N2O9/c1-7-5-18(16(23)17-14(7)22)15-13(26-10(4)21)12(25-9(3)20)11(27-15)6-24-8(2)19/h5,11-13,15H,6H2,1-4H3,(H,17,22,23)/t11-,12+,13-,15-/m1/s1. The summed E-state index contributed by atoms with van der Waals surface area (Å²) in [4.78, 5) is 60.0. The monoisotopic (exact) mass is 384 g/mol. The van der Waals surface area contributed by atoms with Crippen LogP contribution in [0.25, 0.3) is 0 Å². The maximum Gasteiger partial charge on any atom is 0.330 e. The first-order valence-electron chi connectivity index (χ1n) is 8.05. The second kappa shape index (κ2) is 8.16. The SMILES string of the molecule is CC(=O)OC[C@H]1O[C@@H](n2cc(C)c(=O)[nH]c2=O)[C@H](OC(C)=O)[C@H]1OC(C)=O. The summed E-state index contributed by atoms with van der Waals surface area (Å²) >= 11 is 0. The largest absolute Gasteiger partial charge is 0.463 e. The van der Waals surface area contributed by atoms with Crippen molar-refractivity contribution in [3.05, 3.63) is 32.6 Å². The zero-order chi connectivity index (χ0) is 20.3. The van der Waals surface area contributed by atoms with Crippen LogP contribution in [0.4, 0.5) is 0 Å². The van der Waals surface area contributed by atoms with Crippen LogP contribution in [0.2, 0.25) is 0 Å². The van der Waals surface area contributed by atoms with E-state index < -0.39 is 53.7 Å². The second-order valence-electron chi connectivity index (χ2n) is 5.99. The Morgan fingerprint density at radius 2 is 1.67 bits per heavy atom. The number of hydrogen-bond acceptors (Lipinski definition) is 9. The molecule has 11 nitrogen and oxygen atoms in total. The molecule has 0 aromatic carbocycles. The highest BCUT2D eigenvalue weighted by molar-refractivity contribution is 5.67. The summed E-state index contributed by atoms with van der Waals surface area (Å²) in [5.41, 5.74) is -1.17. The molecule has 0 radical (unpaired) electrons. The predicted octanol–water partition coefficient (Wildman–Crippen LogP) is -0.831. The number of aryl methyl sites for hydroxylation is 1. The first kappa shape index (κ1) is 20.4. The fourth-order valence-corrected chi connectivity index (χ4v) is 2.69. The molecule has 0 aliphatic carbocycles. The lowest BCUT2D eigenvalue weighted by atomic mass is 10.1. The first-order valence-corrected chi connectivity index (χ1v) is 8.05. The van der Waals surface area contributed by atoms with Crippen LogP contribution >= 0.6 is 0 Å². The molecule has 148 valence electrons. The predicted molar refractivity (Wildman–Crippen MR) is 87.7 cm³/mol. The van der Waals surface area contributed by atoms with E-state index in [1.807, 2.05) is 0 Å². The zero-order valence-corrected chi connectivity index (χ0v) is 15.2. The summed E-state index contributed by atoms with van der Waals surface area (Å²) < 4.78 is 22.1. The molecule has 0 spiro atoms. The van der Waals surface area contributed by atoms with Gasteiger partial charge in [-0.1, -0.05) is 0 Å². The van der Waals surface area contributed by atoms with Crippen molar-refractivity contribution in [3.63, 3.8) is 0 Å². The third-order valence-electron chi connectivity index (χ3n) is 3.76. The van der Waals surface area contributed by atoms with Crippen LogP contribution in [-0.4, -0.2) is 52.4 Å². The van der Waals surface area contributed by atoms with Crippen molar-refractivity contribution < 1.29 is 33.3 Å². The van der Waals surface area contributed by atoms with E-state index in [0.29, 0.717) is 0 Å². The number of H-pyrrole nitrogens is 1. The van der Waals surface area contributed by atoms with Gasteiger partial charge in [-0.3, -0.25) is 28.7 Å². The van der Waals surface area contributed by atoms with E-state index in [1.165, 1.54) is 20.0 Å². The van der Waals surface area contributed by atoms with Gasteiger partial charge in [-0.25, -0.2) is 4.79 Å². The molecule has 0 saturated carbocycles. The Morgan fingerprint density at radius 1 is 1.07 bits per heavy atom. The Labute approximate surface area is 153 Å². The van der Waals surface area contributed by atoms with Gasteiger partial charge in [-0.15, -0.1) is 0 Å². The number of ether oxygens (including phenoxy) is 4. The van der Waals surface area contributed by atoms with Gasteiger partial charge in [0.05, 0.1) is 0 Å². The molecule has 2 heterocycles. The quantitative estimate of drug-likeness (QED) is 0.508. The van der Waals surface area contributed by atoms with Crippen LogP contribution in [0.5, 0.6) is 0 Å². The minimum absolute atomic E-state index is 0.215. The second-order valence-corrected chi connectivity index (χ2v) is 5.99. The minimum atomic E-state index is -1.21. The van der Waals surface area contributed by atoms with Gasteiger partial charge in [0.1, 0.15) is 12.7 Å². The fraction of sp³-hybridized carbons (Fsp3) is 0.562. The Hall–Kier alpha value is -2.95. The number of hydrogen-bond donors (Lipinski definition) is 1. The van der Waals surface area contributed by atoms with Gasteiger partial charge in [0.2, 0.25) is 0 Å². The number of aromatic amines is 1. The van der Waals surface area contributed by atoms with E-state index in [1.54, 1.807) is 0 Å². The average molecular weight is 384 g/mol. The highest BCUT2D eigenvalue weighted by Crippen LogP contribution is 2.33. The molecule has 1 saturated heterocycles. The van der Waals surface area contributed by atoms with Gasteiger partial charge in [0.25, 0.3) is 5.56 Å². The van der Waals surface area contributed by atoms with Crippen molar-refractivity contribution in [2.75, 3.05) is 6.61 Å². The van der Waals surface area contributed by atoms with Crippen molar-refractivity contribution in [1.29, 1.82) is 0 Å². The molecule has 11 heteroatoms. The van der Waals surface area contributed by atoms with E-state index in [4.69, 9.17) is 18.9 Å². The van der Waals surface area contributed by atoms with Gasteiger partial charge in [0, 0.05) is 32.5 Å². The van der Waals surface area contributed by atoms with Crippen LogP contribution in [0.15, 0.2) is 15.8 Å². The molecule has 1 N–H and O–H groups in total. The lowest BCUT2D eigenvalue weighted by Crippen LogP contribution is -2.42. The molecule has 1 fully saturated rings. The van der Waals surface area contributed by atoms with Crippen molar-refractivity contribution in [2.24, 2.45) is 0 Å². The van der Waals surface area contributed by atoms with E-state index in [-0.39, 0.29) is 12.2 Å². The fourth-order valence-electron chi connectivity index (χ4n) is 2.69. The molecule has 0 amide bonds. The summed E-state index contributed by atoms with van der Waals surface area (Å²) in [6, 6.07) is 0.